The highest BCUT2D eigenvalue weighted by Crippen LogP contribution is 2.31. The molecule has 3 rings (SSSR count). The highest BCUT2D eigenvalue weighted by molar-refractivity contribution is 7.91. The van der Waals surface area contributed by atoms with Gasteiger partial charge in [-0.3, -0.25) is 4.79 Å². The fourth-order valence-corrected chi connectivity index (χ4v) is 5.10. The van der Waals surface area contributed by atoms with Gasteiger partial charge in [-0.05, 0) is 42.5 Å². The van der Waals surface area contributed by atoms with E-state index >= 15 is 0 Å². The van der Waals surface area contributed by atoms with Crippen molar-refractivity contribution in [2.75, 3.05) is 19.4 Å². The molecule has 12 heteroatoms. The van der Waals surface area contributed by atoms with E-state index < -0.39 is 27.7 Å². The number of anilines is 2. The van der Waals surface area contributed by atoms with E-state index in [1.165, 1.54) is 50.6 Å². The molecule has 3 aromatic rings. The minimum absolute atomic E-state index is 0.0738. The number of hydrogen-bond acceptors (Lipinski definition) is 6. The molecule has 0 bridgehead atoms. The first-order chi connectivity index (χ1) is 15.0. The Balaban J connectivity index is 1.74. The first-order valence-electron chi connectivity index (χ1n) is 9.17. The molecule has 1 amide bonds. The van der Waals surface area contributed by atoms with Crippen molar-refractivity contribution in [3.8, 4) is 0 Å². The number of hydrogen-bond donors (Lipinski definition) is 2. The fourth-order valence-electron chi connectivity index (χ4n) is 2.63. The minimum atomic E-state index is -4.50. The maximum absolute atomic E-state index is 12.9. The van der Waals surface area contributed by atoms with E-state index in [1.54, 1.807) is 6.07 Å². The number of halogens is 3. The lowest BCUT2D eigenvalue weighted by Gasteiger charge is -2.13. The Morgan fingerprint density at radius 1 is 1.12 bits per heavy atom. The molecule has 0 unspecified atom stereocenters. The Kier molecular flexibility index (Phi) is 6.86. The molecule has 0 spiro atoms. The number of aromatic nitrogens is 1. The zero-order chi connectivity index (χ0) is 23.5. The molecule has 7 nitrogen and oxygen atoms in total. The Labute approximate surface area is 187 Å². The molecule has 2 N–H and O–H groups in total. The SMILES string of the molecule is CN(C)S(=O)(=O)c1ccc(CNC(=O)c2cccnc2Nc2cccc(C(F)(F)F)c2)s1. The van der Waals surface area contributed by atoms with Gasteiger partial charge < -0.3 is 10.6 Å². The Hall–Kier alpha value is -2.96. The van der Waals surface area contributed by atoms with Crippen molar-refractivity contribution in [3.05, 3.63) is 70.7 Å². The van der Waals surface area contributed by atoms with Crippen LogP contribution in [0.15, 0.2) is 58.9 Å². The van der Waals surface area contributed by atoms with Gasteiger partial charge >= 0.3 is 6.18 Å². The van der Waals surface area contributed by atoms with Crippen LogP contribution in [0.5, 0.6) is 0 Å². The molecule has 170 valence electrons. The number of benzene rings is 1. The van der Waals surface area contributed by atoms with Crippen LogP contribution in [-0.2, 0) is 22.7 Å². The van der Waals surface area contributed by atoms with Crippen LogP contribution in [0.3, 0.4) is 0 Å². The van der Waals surface area contributed by atoms with Crippen LogP contribution in [0.4, 0.5) is 24.7 Å². The van der Waals surface area contributed by atoms with Crippen molar-refractivity contribution >= 4 is 38.8 Å². The molecule has 0 saturated heterocycles. The number of carbonyl (C=O) groups excluding carboxylic acids is 1. The predicted molar refractivity (Wildman–Crippen MR) is 115 cm³/mol. The van der Waals surface area contributed by atoms with Crippen LogP contribution in [0.1, 0.15) is 20.8 Å². The highest BCUT2D eigenvalue weighted by atomic mass is 32.2. The predicted octanol–water partition coefficient (Wildman–Crippen LogP) is 4.09. The van der Waals surface area contributed by atoms with Crippen molar-refractivity contribution in [1.29, 1.82) is 0 Å². The summed E-state index contributed by atoms with van der Waals surface area (Å²) in [5.74, 6) is -0.427. The third kappa shape index (κ3) is 5.44. The number of carbonyl (C=O) groups is 1. The fraction of sp³-hybridized carbons (Fsp3) is 0.200. The molecule has 1 aromatic carbocycles. The van der Waals surface area contributed by atoms with E-state index in [0.29, 0.717) is 4.88 Å². The van der Waals surface area contributed by atoms with Gasteiger partial charge in [0, 0.05) is 30.9 Å². The molecule has 32 heavy (non-hydrogen) atoms. The summed E-state index contributed by atoms with van der Waals surface area (Å²) in [7, 11) is -0.706. The maximum atomic E-state index is 12.9. The number of nitrogens with zero attached hydrogens (tertiary/aromatic N) is 2. The third-order valence-corrected chi connectivity index (χ3v) is 7.67. The van der Waals surface area contributed by atoms with Crippen molar-refractivity contribution < 1.29 is 26.4 Å². The lowest BCUT2D eigenvalue weighted by Crippen LogP contribution is -2.23. The van der Waals surface area contributed by atoms with Gasteiger partial charge in [0.25, 0.3) is 15.9 Å². The molecule has 0 fully saturated rings. The summed E-state index contributed by atoms with van der Waals surface area (Å²) in [5.41, 5.74) is -0.572. The second-order valence-electron chi connectivity index (χ2n) is 6.79. The number of thiophene rings is 1. The van der Waals surface area contributed by atoms with Gasteiger partial charge in [0.05, 0.1) is 17.7 Å². The van der Waals surface area contributed by atoms with E-state index in [2.05, 4.69) is 15.6 Å². The van der Waals surface area contributed by atoms with Gasteiger partial charge in [0.2, 0.25) is 0 Å². The van der Waals surface area contributed by atoms with Gasteiger partial charge in [-0.25, -0.2) is 17.7 Å². The molecule has 0 aliphatic heterocycles. The number of amides is 1. The second-order valence-corrected chi connectivity index (χ2v) is 10.3. The highest BCUT2D eigenvalue weighted by Gasteiger charge is 2.30. The lowest BCUT2D eigenvalue weighted by molar-refractivity contribution is -0.137. The molecule has 0 radical (unpaired) electrons. The number of alkyl halides is 3. The normalized spacial score (nSPS) is 12.1. The molecule has 0 aliphatic rings. The molecule has 2 heterocycles. The van der Waals surface area contributed by atoms with Crippen LogP contribution in [0.2, 0.25) is 0 Å². The molecular weight excluding hydrogens is 465 g/mol. The van der Waals surface area contributed by atoms with E-state index in [-0.39, 0.29) is 27.8 Å². The molecule has 2 aromatic heterocycles. The number of sulfonamides is 1. The Morgan fingerprint density at radius 3 is 2.56 bits per heavy atom. The van der Waals surface area contributed by atoms with Gasteiger partial charge in [-0.1, -0.05) is 6.07 Å². The van der Waals surface area contributed by atoms with Gasteiger partial charge in [-0.2, -0.15) is 13.2 Å². The number of pyridine rings is 1. The largest absolute Gasteiger partial charge is 0.416 e. The van der Waals surface area contributed by atoms with Gasteiger partial charge in [0.1, 0.15) is 10.0 Å². The number of nitrogens with one attached hydrogen (secondary N) is 2. The van der Waals surface area contributed by atoms with E-state index in [4.69, 9.17) is 0 Å². The summed E-state index contributed by atoms with van der Waals surface area (Å²) in [4.78, 5) is 17.4. The standard InChI is InChI=1S/C20H19F3N4O3S2/c1-27(2)32(29,30)17-9-8-15(31-17)12-25-19(28)16-7-4-10-24-18(16)26-14-6-3-5-13(11-14)20(21,22)23/h3-11H,12H2,1-2H3,(H,24,26)(H,25,28). The minimum Gasteiger partial charge on any atom is -0.347 e. The quantitative estimate of drug-likeness (QED) is 0.527. The van der Waals surface area contributed by atoms with Crippen LogP contribution < -0.4 is 10.6 Å². The zero-order valence-electron chi connectivity index (χ0n) is 17.0. The first kappa shape index (κ1) is 23.7. The summed E-state index contributed by atoms with van der Waals surface area (Å²) in [6, 6.07) is 10.6. The third-order valence-electron chi connectivity index (χ3n) is 4.30. The Bertz CT molecular complexity index is 1220. The summed E-state index contributed by atoms with van der Waals surface area (Å²) >= 11 is 1.03. The first-order valence-corrected chi connectivity index (χ1v) is 11.4. The topological polar surface area (TPSA) is 91.4 Å². The summed E-state index contributed by atoms with van der Waals surface area (Å²) in [6.45, 7) is 0.0738. The molecule has 0 saturated carbocycles. The van der Waals surface area contributed by atoms with Crippen molar-refractivity contribution in [2.24, 2.45) is 0 Å². The molecule has 0 aliphatic carbocycles. The van der Waals surface area contributed by atoms with Gasteiger partial charge in [-0.15, -0.1) is 11.3 Å². The summed E-state index contributed by atoms with van der Waals surface area (Å²) < 4.78 is 64.4. The van der Waals surface area contributed by atoms with Gasteiger partial charge in [0.15, 0.2) is 0 Å². The second kappa shape index (κ2) is 9.27. The van der Waals surface area contributed by atoms with Crippen LogP contribution in [-0.4, -0.2) is 37.7 Å². The monoisotopic (exact) mass is 484 g/mol. The smallest absolute Gasteiger partial charge is 0.347 e. The summed E-state index contributed by atoms with van der Waals surface area (Å²) in [5, 5.41) is 5.42. The molecular formula is C20H19F3N4O3S2. The van der Waals surface area contributed by atoms with Crippen molar-refractivity contribution in [1.82, 2.24) is 14.6 Å². The van der Waals surface area contributed by atoms with Crippen LogP contribution >= 0.6 is 11.3 Å². The van der Waals surface area contributed by atoms with Crippen molar-refractivity contribution in [3.63, 3.8) is 0 Å². The zero-order valence-corrected chi connectivity index (χ0v) is 18.6. The van der Waals surface area contributed by atoms with E-state index in [0.717, 1.165) is 27.8 Å². The van der Waals surface area contributed by atoms with Crippen LogP contribution in [0.25, 0.3) is 0 Å². The average Bonchev–Trinajstić information content (AvgIpc) is 3.22. The number of rotatable bonds is 7. The summed E-state index contributed by atoms with van der Waals surface area (Å²) in [6.07, 6.45) is -3.09. The molecule has 0 atom stereocenters. The lowest BCUT2D eigenvalue weighted by atomic mass is 10.2. The van der Waals surface area contributed by atoms with Crippen molar-refractivity contribution in [2.45, 2.75) is 16.9 Å². The van der Waals surface area contributed by atoms with Crippen LogP contribution in [0, 0.1) is 0 Å². The maximum Gasteiger partial charge on any atom is 0.416 e. The Morgan fingerprint density at radius 2 is 1.88 bits per heavy atom. The van der Waals surface area contributed by atoms with E-state index in [9.17, 15) is 26.4 Å². The van der Waals surface area contributed by atoms with E-state index in [1.807, 2.05) is 0 Å². The average molecular weight is 485 g/mol.